The number of carbonyl (C=O) groups excluding carboxylic acids is 1. The van der Waals surface area contributed by atoms with Crippen LogP contribution in [-0.2, 0) is 19.5 Å². The number of carbonyl (C=O) groups is 1. The van der Waals surface area contributed by atoms with E-state index < -0.39 is 0 Å². The number of hydrogen-bond donors (Lipinski definition) is 1. The van der Waals surface area contributed by atoms with Crippen molar-refractivity contribution >= 4 is 44.8 Å². The summed E-state index contributed by atoms with van der Waals surface area (Å²) in [5, 5.41) is 5.01. The van der Waals surface area contributed by atoms with Crippen molar-refractivity contribution in [2.45, 2.75) is 19.5 Å². The van der Waals surface area contributed by atoms with Gasteiger partial charge in [-0.2, -0.15) is 0 Å². The van der Waals surface area contributed by atoms with Crippen molar-refractivity contribution in [3.8, 4) is 5.75 Å². The Morgan fingerprint density at radius 2 is 2.19 bits per heavy atom. The number of fused-ring (bicyclic) bond motifs is 3. The molecule has 32 heavy (non-hydrogen) atoms. The Morgan fingerprint density at radius 3 is 2.91 bits per heavy atom. The van der Waals surface area contributed by atoms with E-state index in [4.69, 9.17) is 16.3 Å². The van der Waals surface area contributed by atoms with Crippen LogP contribution in [0.15, 0.2) is 30.5 Å². The van der Waals surface area contributed by atoms with Crippen LogP contribution in [0.2, 0.25) is 5.02 Å². The highest BCUT2D eigenvalue weighted by Crippen LogP contribution is 2.37. The largest absolute Gasteiger partial charge is 0.495 e. The predicted octanol–water partition coefficient (Wildman–Crippen LogP) is 4.21. The van der Waals surface area contributed by atoms with Gasteiger partial charge in [-0.05, 0) is 36.7 Å². The molecule has 1 aliphatic heterocycles. The molecule has 1 aromatic carbocycles. The van der Waals surface area contributed by atoms with Crippen molar-refractivity contribution in [2.75, 3.05) is 40.1 Å². The van der Waals surface area contributed by atoms with Crippen molar-refractivity contribution in [3.63, 3.8) is 0 Å². The van der Waals surface area contributed by atoms with Gasteiger partial charge >= 0.3 is 0 Å². The Hall–Kier alpha value is -2.68. The Morgan fingerprint density at radius 1 is 1.38 bits per heavy atom. The maximum atomic E-state index is 12.7. The number of hydrogen-bond acceptors (Lipinski definition) is 8. The number of aromatic nitrogens is 2. The lowest BCUT2D eigenvalue weighted by atomic mass is 10.1. The van der Waals surface area contributed by atoms with E-state index in [9.17, 15) is 4.79 Å². The van der Waals surface area contributed by atoms with E-state index in [0.29, 0.717) is 23.1 Å². The SMILES string of the molecule is COc1ccc(CNc2nc(C(=O)C=CN(C)C)nc3sc4c(c23)CCN(C)C4)cc1Cl. The lowest BCUT2D eigenvalue weighted by molar-refractivity contribution is 0.103. The highest BCUT2D eigenvalue weighted by Gasteiger charge is 2.24. The van der Waals surface area contributed by atoms with Crippen LogP contribution in [0, 0.1) is 0 Å². The number of methoxy groups -OCH3 is 1. The van der Waals surface area contributed by atoms with Crippen molar-refractivity contribution in [1.82, 2.24) is 19.8 Å². The van der Waals surface area contributed by atoms with Gasteiger partial charge < -0.3 is 19.9 Å². The first-order chi connectivity index (χ1) is 15.4. The van der Waals surface area contributed by atoms with Crippen molar-refractivity contribution in [2.24, 2.45) is 0 Å². The molecule has 168 valence electrons. The number of nitrogens with one attached hydrogen (secondary N) is 1. The van der Waals surface area contributed by atoms with E-state index in [2.05, 4.69) is 27.2 Å². The molecule has 0 spiro atoms. The Labute approximate surface area is 196 Å². The van der Waals surface area contributed by atoms with E-state index in [1.165, 1.54) is 16.5 Å². The zero-order chi connectivity index (χ0) is 22.8. The number of thiophene rings is 1. The third kappa shape index (κ3) is 4.72. The maximum absolute atomic E-state index is 12.7. The number of allylic oxidation sites excluding steroid dienone is 1. The number of nitrogens with zero attached hydrogens (tertiary/aromatic N) is 4. The number of rotatable bonds is 7. The van der Waals surface area contributed by atoms with Crippen LogP contribution in [-0.4, -0.2) is 60.3 Å². The van der Waals surface area contributed by atoms with Gasteiger partial charge in [-0.25, -0.2) is 9.97 Å². The molecule has 0 saturated carbocycles. The summed E-state index contributed by atoms with van der Waals surface area (Å²) in [5.41, 5.74) is 2.27. The zero-order valence-electron chi connectivity index (χ0n) is 18.6. The summed E-state index contributed by atoms with van der Waals surface area (Å²) >= 11 is 7.93. The molecule has 1 aliphatic rings. The molecule has 3 heterocycles. The van der Waals surface area contributed by atoms with Gasteiger partial charge in [-0.15, -0.1) is 11.3 Å². The molecule has 4 rings (SSSR count). The second-order valence-electron chi connectivity index (χ2n) is 8.03. The zero-order valence-corrected chi connectivity index (χ0v) is 20.2. The molecule has 0 fully saturated rings. The third-order valence-electron chi connectivity index (χ3n) is 5.31. The standard InChI is InChI=1S/C23H26ClN5O2S/c1-28(2)9-8-17(30)21-26-22(25-12-14-5-6-18(31-4)16(24)11-14)20-15-7-10-29(3)13-19(15)32-23(20)27-21/h5-6,8-9,11H,7,10,12-13H2,1-4H3,(H,25,26,27). The topological polar surface area (TPSA) is 70.6 Å². The Kier molecular flexibility index (Phi) is 6.64. The summed E-state index contributed by atoms with van der Waals surface area (Å²) < 4.78 is 5.24. The molecule has 0 amide bonds. The van der Waals surface area contributed by atoms with Crippen LogP contribution >= 0.6 is 22.9 Å². The number of benzene rings is 1. The minimum atomic E-state index is -0.223. The fourth-order valence-corrected chi connectivity index (χ4v) is 5.24. The molecule has 0 bridgehead atoms. The van der Waals surface area contributed by atoms with Crippen molar-refractivity contribution < 1.29 is 9.53 Å². The molecule has 0 unspecified atom stereocenters. The van der Waals surface area contributed by atoms with Gasteiger partial charge in [0.25, 0.3) is 0 Å². The molecule has 7 nitrogen and oxygen atoms in total. The first-order valence-electron chi connectivity index (χ1n) is 10.3. The summed E-state index contributed by atoms with van der Waals surface area (Å²) in [7, 11) is 7.44. The molecule has 0 atom stereocenters. The van der Waals surface area contributed by atoms with Crippen LogP contribution in [0.25, 0.3) is 10.2 Å². The van der Waals surface area contributed by atoms with Crippen LogP contribution in [0.3, 0.4) is 0 Å². The first kappa shape index (κ1) is 22.5. The number of likely N-dealkylation sites (N-methyl/N-ethyl adjacent to an activating group) is 1. The second-order valence-corrected chi connectivity index (χ2v) is 9.52. The van der Waals surface area contributed by atoms with E-state index in [1.807, 2.05) is 37.2 Å². The summed E-state index contributed by atoms with van der Waals surface area (Å²) in [6, 6.07) is 5.67. The summed E-state index contributed by atoms with van der Waals surface area (Å²) in [4.78, 5) is 28.2. The lowest BCUT2D eigenvalue weighted by Gasteiger charge is -2.22. The van der Waals surface area contributed by atoms with Crippen molar-refractivity contribution in [1.29, 1.82) is 0 Å². The highest BCUT2D eigenvalue weighted by atomic mass is 35.5. The molecule has 0 saturated heterocycles. The van der Waals surface area contributed by atoms with Gasteiger partial charge in [0.15, 0.2) is 0 Å². The lowest BCUT2D eigenvalue weighted by Crippen LogP contribution is -2.25. The fraction of sp³-hybridized carbons (Fsp3) is 0.348. The third-order valence-corrected chi connectivity index (χ3v) is 6.72. The highest BCUT2D eigenvalue weighted by molar-refractivity contribution is 7.19. The molecular formula is C23H26ClN5O2S. The molecular weight excluding hydrogens is 446 g/mol. The van der Waals surface area contributed by atoms with E-state index in [0.717, 1.165) is 35.3 Å². The maximum Gasteiger partial charge on any atom is 0.224 e. The summed E-state index contributed by atoms with van der Waals surface area (Å²) in [5.74, 6) is 1.29. The van der Waals surface area contributed by atoms with Crippen LogP contribution < -0.4 is 10.1 Å². The Balaban J connectivity index is 1.72. The first-order valence-corrected chi connectivity index (χ1v) is 11.5. The predicted molar refractivity (Wildman–Crippen MR) is 130 cm³/mol. The number of ketones is 1. The van der Waals surface area contributed by atoms with Crippen molar-refractivity contribution in [3.05, 3.63) is 57.3 Å². The Bertz CT molecular complexity index is 1190. The van der Waals surface area contributed by atoms with Crippen LogP contribution in [0.5, 0.6) is 5.75 Å². The molecule has 3 aromatic rings. The van der Waals surface area contributed by atoms with Gasteiger partial charge in [-0.3, -0.25) is 4.79 Å². The van der Waals surface area contributed by atoms with E-state index in [-0.39, 0.29) is 11.6 Å². The average molecular weight is 472 g/mol. The minimum Gasteiger partial charge on any atom is -0.495 e. The van der Waals surface area contributed by atoms with Gasteiger partial charge in [-0.1, -0.05) is 17.7 Å². The average Bonchev–Trinajstić information content (AvgIpc) is 3.13. The van der Waals surface area contributed by atoms with Gasteiger partial charge in [0.1, 0.15) is 16.4 Å². The summed E-state index contributed by atoms with van der Waals surface area (Å²) in [6.07, 6.45) is 4.14. The number of anilines is 1. The monoisotopic (exact) mass is 471 g/mol. The molecule has 1 N–H and O–H groups in total. The number of halogens is 1. The van der Waals surface area contributed by atoms with Gasteiger partial charge in [0, 0.05) is 50.9 Å². The van der Waals surface area contributed by atoms with Crippen LogP contribution in [0.1, 0.15) is 26.6 Å². The minimum absolute atomic E-state index is 0.192. The quantitative estimate of drug-likeness (QED) is 0.408. The smallest absolute Gasteiger partial charge is 0.224 e. The normalized spacial score (nSPS) is 14.0. The second kappa shape index (κ2) is 9.44. The van der Waals surface area contributed by atoms with Gasteiger partial charge in [0.05, 0.1) is 17.5 Å². The van der Waals surface area contributed by atoms with E-state index in [1.54, 1.807) is 24.6 Å². The van der Waals surface area contributed by atoms with Crippen LogP contribution in [0.4, 0.5) is 5.82 Å². The number of ether oxygens (including phenoxy) is 1. The summed E-state index contributed by atoms with van der Waals surface area (Å²) in [6.45, 7) is 2.38. The molecule has 9 heteroatoms. The molecule has 0 aliphatic carbocycles. The van der Waals surface area contributed by atoms with E-state index >= 15 is 0 Å². The van der Waals surface area contributed by atoms with Gasteiger partial charge in [0.2, 0.25) is 11.6 Å². The molecule has 2 aromatic heterocycles. The molecule has 0 radical (unpaired) electrons. The fourth-order valence-electron chi connectivity index (χ4n) is 3.66.